The molecule has 0 saturated carbocycles. The number of nitrogens with one attached hydrogen (secondary N) is 1. The van der Waals surface area contributed by atoms with Crippen molar-refractivity contribution in [1.29, 1.82) is 0 Å². The standard InChI is InChI=1S/C18H30N2/c1-5-20-12-7-6-10-16(13-19-4)18(20)17-11-8-9-14(2)15(17)3/h8-9,11,16,18-19H,5-7,10,12-13H2,1-4H3. The van der Waals surface area contributed by atoms with Crippen molar-refractivity contribution in [2.75, 3.05) is 26.7 Å². The maximum absolute atomic E-state index is 3.42. The van der Waals surface area contributed by atoms with Crippen molar-refractivity contribution in [3.63, 3.8) is 0 Å². The van der Waals surface area contributed by atoms with Gasteiger partial charge in [0.15, 0.2) is 0 Å². The molecule has 0 amide bonds. The van der Waals surface area contributed by atoms with Crippen LogP contribution in [0.3, 0.4) is 0 Å². The Labute approximate surface area is 124 Å². The van der Waals surface area contributed by atoms with E-state index in [1.165, 1.54) is 36.9 Å². The van der Waals surface area contributed by atoms with E-state index in [4.69, 9.17) is 0 Å². The van der Waals surface area contributed by atoms with Gasteiger partial charge in [0.1, 0.15) is 0 Å². The van der Waals surface area contributed by atoms with Crippen LogP contribution in [0.2, 0.25) is 0 Å². The second kappa shape index (κ2) is 7.24. The summed E-state index contributed by atoms with van der Waals surface area (Å²) in [5.41, 5.74) is 4.46. The summed E-state index contributed by atoms with van der Waals surface area (Å²) in [7, 11) is 2.08. The van der Waals surface area contributed by atoms with Crippen molar-refractivity contribution in [3.8, 4) is 0 Å². The minimum Gasteiger partial charge on any atom is -0.319 e. The summed E-state index contributed by atoms with van der Waals surface area (Å²) in [6.45, 7) is 10.3. The summed E-state index contributed by atoms with van der Waals surface area (Å²) in [5.74, 6) is 0.725. The normalized spacial score (nSPS) is 24.6. The summed E-state index contributed by atoms with van der Waals surface area (Å²) >= 11 is 0. The molecule has 2 heteroatoms. The van der Waals surface area contributed by atoms with Crippen LogP contribution < -0.4 is 5.32 Å². The highest BCUT2D eigenvalue weighted by Crippen LogP contribution is 2.36. The zero-order chi connectivity index (χ0) is 14.5. The summed E-state index contributed by atoms with van der Waals surface area (Å²) < 4.78 is 0. The highest BCUT2D eigenvalue weighted by molar-refractivity contribution is 5.36. The monoisotopic (exact) mass is 274 g/mol. The van der Waals surface area contributed by atoms with Gasteiger partial charge in [-0.15, -0.1) is 0 Å². The van der Waals surface area contributed by atoms with Gasteiger partial charge in [-0.05, 0) is 76.0 Å². The molecule has 1 saturated heterocycles. The van der Waals surface area contributed by atoms with Crippen LogP contribution in [0.4, 0.5) is 0 Å². The molecular weight excluding hydrogens is 244 g/mol. The van der Waals surface area contributed by atoms with Gasteiger partial charge in [0, 0.05) is 6.04 Å². The molecule has 2 rings (SSSR count). The maximum atomic E-state index is 3.42. The van der Waals surface area contributed by atoms with Gasteiger partial charge in [0.2, 0.25) is 0 Å². The van der Waals surface area contributed by atoms with Gasteiger partial charge in [-0.2, -0.15) is 0 Å². The largest absolute Gasteiger partial charge is 0.319 e. The Bertz CT molecular complexity index is 427. The molecule has 1 aliphatic rings. The molecule has 2 nitrogen and oxygen atoms in total. The van der Waals surface area contributed by atoms with Gasteiger partial charge >= 0.3 is 0 Å². The van der Waals surface area contributed by atoms with E-state index in [2.05, 4.69) is 56.2 Å². The second-order valence-corrected chi connectivity index (χ2v) is 6.18. The Balaban J connectivity index is 2.40. The van der Waals surface area contributed by atoms with Gasteiger partial charge in [-0.3, -0.25) is 4.90 Å². The fourth-order valence-electron chi connectivity index (χ4n) is 3.69. The average Bonchev–Trinajstić information content (AvgIpc) is 2.65. The number of aryl methyl sites for hydroxylation is 1. The molecule has 20 heavy (non-hydrogen) atoms. The maximum Gasteiger partial charge on any atom is 0.0390 e. The third kappa shape index (κ3) is 3.24. The highest BCUT2D eigenvalue weighted by atomic mass is 15.2. The predicted molar refractivity (Wildman–Crippen MR) is 87.2 cm³/mol. The van der Waals surface area contributed by atoms with E-state index < -0.39 is 0 Å². The number of nitrogens with zero attached hydrogens (tertiary/aromatic N) is 1. The zero-order valence-electron chi connectivity index (χ0n) is 13.6. The van der Waals surface area contributed by atoms with E-state index >= 15 is 0 Å². The van der Waals surface area contributed by atoms with Crippen molar-refractivity contribution in [1.82, 2.24) is 10.2 Å². The quantitative estimate of drug-likeness (QED) is 0.901. The number of rotatable bonds is 4. The molecule has 1 aliphatic heterocycles. The van der Waals surface area contributed by atoms with Crippen LogP contribution in [0.15, 0.2) is 18.2 Å². The van der Waals surface area contributed by atoms with Crippen molar-refractivity contribution < 1.29 is 0 Å². The number of hydrogen-bond acceptors (Lipinski definition) is 2. The number of likely N-dealkylation sites (tertiary alicyclic amines) is 1. The van der Waals surface area contributed by atoms with Crippen LogP contribution in [-0.2, 0) is 0 Å². The van der Waals surface area contributed by atoms with Crippen molar-refractivity contribution in [2.24, 2.45) is 5.92 Å². The number of hydrogen-bond donors (Lipinski definition) is 1. The molecule has 1 fully saturated rings. The molecule has 1 aromatic rings. The molecule has 0 spiro atoms. The molecule has 0 aliphatic carbocycles. The Hall–Kier alpha value is -0.860. The summed E-state index contributed by atoms with van der Waals surface area (Å²) in [6.07, 6.45) is 4.05. The van der Waals surface area contributed by atoms with Crippen LogP contribution >= 0.6 is 0 Å². The lowest BCUT2D eigenvalue weighted by Crippen LogP contribution is -2.36. The number of benzene rings is 1. The minimum atomic E-state index is 0.579. The van der Waals surface area contributed by atoms with Crippen LogP contribution in [0.25, 0.3) is 0 Å². The van der Waals surface area contributed by atoms with Crippen LogP contribution in [0.1, 0.15) is 48.9 Å². The molecule has 0 radical (unpaired) electrons. The Morgan fingerprint density at radius 1 is 1.25 bits per heavy atom. The first-order chi connectivity index (χ1) is 9.69. The van der Waals surface area contributed by atoms with Crippen LogP contribution in [0.5, 0.6) is 0 Å². The average molecular weight is 274 g/mol. The topological polar surface area (TPSA) is 15.3 Å². The molecule has 2 atom stereocenters. The van der Waals surface area contributed by atoms with E-state index in [9.17, 15) is 0 Å². The molecule has 112 valence electrons. The summed E-state index contributed by atoms with van der Waals surface area (Å²) in [5, 5.41) is 3.42. The summed E-state index contributed by atoms with van der Waals surface area (Å²) in [4.78, 5) is 2.69. The van der Waals surface area contributed by atoms with Crippen molar-refractivity contribution in [2.45, 2.75) is 46.1 Å². The van der Waals surface area contributed by atoms with E-state index in [1.54, 1.807) is 5.56 Å². The Kier molecular flexibility index (Phi) is 5.62. The van der Waals surface area contributed by atoms with E-state index in [0.29, 0.717) is 6.04 Å². The first-order valence-electron chi connectivity index (χ1n) is 8.13. The molecule has 0 bridgehead atoms. The van der Waals surface area contributed by atoms with E-state index in [0.717, 1.165) is 19.0 Å². The third-order valence-corrected chi connectivity index (χ3v) is 4.95. The van der Waals surface area contributed by atoms with Crippen LogP contribution in [0, 0.1) is 19.8 Å². The molecule has 1 N–H and O–H groups in total. The summed E-state index contributed by atoms with van der Waals surface area (Å²) in [6, 6.07) is 7.39. The van der Waals surface area contributed by atoms with Gasteiger partial charge in [-0.25, -0.2) is 0 Å². The third-order valence-electron chi connectivity index (χ3n) is 4.95. The van der Waals surface area contributed by atoms with Gasteiger partial charge in [-0.1, -0.05) is 31.5 Å². The lowest BCUT2D eigenvalue weighted by Gasteiger charge is -2.36. The lowest BCUT2D eigenvalue weighted by molar-refractivity contribution is 0.162. The lowest BCUT2D eigenvalue weighted by atomic mass is 9.86. The Morgan fingerprint density at radius 2 is 2.05 bits per heavy atom. The predicted octanol–water partition coefficient (Wildman–Crippen LogP) is 3.69. The molecular formula is C18H30N2. The molecule has 2 unspecified atom stereocenters. The second-order valence-electron chi connectivity index (χ2n) is 6.18. The molecule has 0 aromatic heterocycles. The van der Waals surface area contributed by atoms with Gasteiger partial charge in [0.25, 0.3) is 0 Å². The fourth-order valence-corrected chi connectivity index (χ4v) is 3.69. The van der Waals surface area contributed by atoms with E-state index in [1.807, 2.05) is 0 Å². The highest BCUT2D eigenvalue weighted by Gasteiger charge is 2.30. The minimum absolute atomic E-state index is 0.579. The smallest absolute Gasteiger partial charge is 0.0390 e. The first-order valence-corrected chi connectivity index (χ1v) is 8.13. The van der Waals surface area contributed by atoms with Gasteiger partial charge < -0.3 is 5.32 Å². The zero-order valence-corrected chi connectivity index (χ0v) is 13.6. The SMILES string of the molecule is CCN1CCCCC(CNC)C1c1cccc(C)c1C. The Morgan fingerprint density at radius 3 is 2.75 bits per heavy atom. The van der Waals surface area contributed by atoms with Crippen LogP contribution in [-0.4, -0.2) is 31.6 Å². The molecule has 1 aromatic carbocycles. The first kappa shape index (κ1) is 15.5. The van der Waals surface area contributed by atoms with E-state index in [-0.39, 0.29) is 0 Å². The van der Waals surface area contributed by atoms with Crippen molar-refractivity contribution in [3.05, 3.63) is 34.9 Å². The van der Waals surface area contributed by atoms with Gasteiger partial charge in [0.05, 0.1) is 0 Å². The fraction of sp³-hybridized carbons (Fsp3) is 0.667. The molecule has 1 heterocycles. The van der Waals surface area contributed by atoms with Crippen molar-refractivity contribution >= 4 is 0 Å².